The maximum absolute atomic E-state index is 5.41. The zero-order valence-corrected chi connectivity index (χ0v) is 12.1. The Morgan fingerprint density at radius 2 is 2.12 bits per heavy atom. The first-order chi connectivity index (χ1) is 8.26. The number of anilines is 1. The summed E-state index contributed by atoms with van der Waals surface area (Å²) in [5.41, 5.74) is 0. The molecule has 0 aliphatic heterocycles. The molecule has 0 saturated carbocycles. The van der Waals surface area contributed by atoms with Gasteiger partial charge in [0.25, 0.3) is 0 Å². The van der Waals surface area contributed by atoms with Crippen LogP contribution in [0.15, 0.2) is 10.7 Å². The van der Waals surface area contributed by atoms with Gasteiger partial charge >= 0.3 is 0 Å². The highest BCUT2D eigenvalue weighted by molar-refractivity contribution is 9.10. The van der Waals surface area contributed by atoms with Crippen LogP contribution in [0.5, 0.6) is 0 Å². The summed E-state index contributed by atoms with van der Waals surface area (Å²) in [7, 11) is 0. The number of nitrogens with zero attached hydrogens (tertiary/aromatic N) is 2. The molecule has 0 unspecified atom stereocenters. The summed E-state index contributed by atoms with van der Waals surface area (Å²) in [5.74, 6) is 1.73. The first-order valence-electron chi connectivity index (χ1n) is 6.11. The molecular weight excluding hydrogens is 282 g/mol. The molecule has 5 heteroatoms. The van der Waals surface area contributed by atoms with Crippen molar-refractivity contribution in [2.24, 2.45) is 0 Å². The molecule has 0 fully saturated rings. The lowest BCUT2D eigenvalue weighted by molar-refractivity contribution is 0.134. The van der Waals surface area contributed by atoms with E-state index >= 15 is 0 Å². The van der Waals surface area contributed by atoms with Gasteiger partial charge < -0.3 is 10.1 Å². The molecule has 17 heavy (non-hydrogen) atoms. The van der Waals surface area contributed by atoms with Gasteiger partial charge in [-0.05, 0) is 28.8 Å². The summed E-state index contributed by atoms with van der Waals surface area (Å²) in [4.78, 5) is 8.65. The van der Waals surface area contributed by atoms with Gasteiger partial charge in [-0.3, -0.25) is 0 Å². The van der Waals surface area contributed by atoms with E-state index in [9.17, 15) is 0 Å². The molecule has 0 aliphatic rings. The van der Waals surface area contributed by atoms with Crippen molar-refractivity contribution in [3.63, 3.8) is 0 Å². The molecule has 0 saturated heterocycles. The molecule has 0 bridgehead atoms. The Hall–Kier alpha value is -0.680. The monoisotopic (exact) mass is 301 g/mol. The number of hydrogen-bond donors (Lipinski definition) is 1. The summed E-state index contributed by atoms with van der Waals surface area (Å²) in [6.45, 7) is 6.68. The molecule has 0 atom stereocenters. The first-order valence-corrected chi connectivity index (χ1v) is 6.90. The molecule has 4 nitrogen and oxygen atoms in total. The Balaban J connectivity index is 2.28. The van der Waals surface area contributed by atoms with Crippen LogP contribution >= 0.6 is 15.9 Å². The minimum absolute atomic E-state index is 0.799. The van der Waals surface area contributed by atoms with E-state index in [0.29, 0.717) is 0 Å². The van der Waals surface area contributed by atoms with Crippen molar-refractivity contribution in [1.29, 1.82) is 0 Å². The molecule has 0 aliphatic carbocycles. The third kappa shape index (κ3) is 5.98. The fourth-order valence-electron chi connectivity index (χ4n) is 1.35. The van der Waals surface area contributed by atoms with E-state index in [1.807, 2.05) is 13.0 Å². The van der Waals surface area contributed by atoms with E-state index < -0.39 is 0 Å². The van der Waals surface area contributed by atoms with Gasteiger partial charge in [0.2, 0.25) is 0 Å². The zero-order chi connectivity index (χ0) is 12.5. The van der Waals surface area contributed by atoms with Crippen LogP contribution in [0.3, 0.4) is 0 Å². The quantitative estimate of drug-likeness (QED) is 0.592. The Morgan fingerprint density at radius 3 is 2.82 bits per heavy atom. The van der Waals surface area contributed by atoms with Gasteiger partial charge in [-0.15, -0.1) is 0 Å². The number of ether oxygens (including phenoxy) is 1. The lowest BCUT2D eigenvalue weighted by Gasteiger charge is -2.07. The number of aromatic nitrogens is 2. The maximum Gasteiger partial charge on any atom is 0.131 e. The second-order valence-corrected chi connectivity index (χ2v) is 4.55. The number of hydrogen-bond acceptors (Lipinski definition) is 4. The van der Waals surface area contributed by atoms with Crippen molar-refractivity contribution >= 4 is 21.7 Å². The molecule has 1 N–H and O–H groups in total. The largest absolute Gasteiger partial charge is 0.381 e. The molecule has 0 amide bonds. The second-order valence-electron chi connectivity index (χ2n) is 3.74. The first kappa shape index (κ1) is 14.4. The average molecular weight is 302 g/mol. The van der Waals surface area contributed by atoms with E-state index in [1.165, 1.54) is 0 Å². The molecule has 1 aromatic rings. The highest BCUT2D eigenvalue weighted by Gasteiger charge is 2.00. The molecule has 0 radical (unpaired) electrons. The van der Waals surface area contributed by atoms with Crippen LogP contribution in [0.2, 0.25) is 0 Å². The number of halogens is 1. The van der Waals surface area contributed by atoms with E-state index in [2.05, 4.69) is 38.1 Å². The summed E-state index contributed by atoms with van der Waals surface area (Å²) in [5, 5.41) is 3.28. The molecule has 0 spiro atoms. The van der Waals surface area contributed by atoms with Crippen molar-refractivity contribution in [1.82, 2.24) is 9.97 Å². The molecule has 1 heterocycles. The van der Waals surface area contributed by atoms with E-state index in [-0.39, 0.29) is 0 Å². The van der Waals surface area contributed by atoms with Gasteiger partial charge in [0.15, 0.2) is 0 Å². The van der Waals surface area contributed by atoms with Crippen molar-refractivity contribution in [2.75, 3.05) is 25.1 Å². The second kappa shape index (κ2) is 8.42. The summed E-state index contributed by atoms with van der Waals surface area (Å²) in [6.07, 6.45) is 2.91. The fraction of sp³-hybridized carbons (Fsp3) is 0.667. The third-order valence-corrected chi connectivity index (χ3v) is 2.58. The SMILES string of the molecule is CCCOCCCNc1cc(Br)nc(CC)n1. The molecule has 96 valence electrons. The minimum Gasteiger partial charge on any atom is -0.381 e. The van der Waals surface area contributed by atoms with Crippen LogP contribution in [0.4, 0.5) is 5.82 Å². The van der Waals surface area contributed by atoms with E-state index in [0.717, 1.165) is 55.3 Å². The van der Waals surface area contributed by atoms with Crippen LogP contribution in [-0.4, -0.2) is 29.7 Å². The Morgan fingerprint density at radius 1 is 1.29 bits per heavy atom. The smallest absolute Gasteiger partial charge is 0.131 e. The lowest BCUT2D eigenvalue weighted by Crippen LogP contribution is -2.08. The van der Waals surface area contributed by atoms with Crippen LogP contribution in [0, 0.1) is 0 Å². The van der Waals surface area contributed by atoms with Crippen molar-refractivity contribution in [3.05, 3.63) is 16.5 Å². The highest BCUT2D eigenvalue weighted by Crippen LogP contribution is 2.12. The third-order valence-electron chi connectivity index (χ3n) is 2.18. The molecule has 1 rings (SSSR count). The Kier molecular flexibility index (Phi) is 7.12. The van der Waals surface area contributed by atoms with Crippen LogP contribution < -0.4 is 5.32 Å². The summed E-state index contributed by atoms with van der Waals surface area (Å²) >= 11 is 3.38. The van der Waals surface area contributed by atoms with Crippen LogP contribution in [0.1, 0.15) is 32.5 Å². The van der Waals surface area contributed by atoms with Crippen molar-refractivity contribution in [2.45, 2.75) is 33.1 Å². The average Bonchev–Trinajstić information content (AvgIpc) is 2.33. The summed E-state index contributed by atoms with van der Waals surface area (Å²) in [6, 6.07) is 1.89. The summed E-state index contributed by atoms with van der Waals surface area (Å²) < 4.78 is 6.24. The van der Waals surface area contributed by atoms with Gasteiger partial charge in [-0.25, -0.2) is 9.97 Å². The van der Waals surface area contributed by atoms with Gasteiger partial charge in [-0.2, -0.15) is 0 Å². The number of aryl methyl sites for hydroxylation is 1. The van der Waals surface area contributed by atoms with Gasteiger partial charge in [0.05, 0.1) is 0 Å². The van der Waals surface area contributed by atoms with Crippen LogP contribution in [0.25, 0.3) is 0 Å². The Bertz CT molecular complexity index is 334. The standard InChI is InChI=1S/C12H20BrN3O/c1-3-7-17-8-5-6-14-12-9-10(13)15-11(4-2)16-12/h9H,3-8H2,1-2H3,(H,14,15,16). The van der Waals surface area contributed by atoms with E-state index in [4.69, 9.17) is 4.74 Å². The minimum atomic E-state index is 0.799. The zero-order valence-electron chi connectivity index (χ0n) is 10.5. The van der Waals surface area contributed by atoms with Gasteiger partial charge in [0, 0.05) is 32.2 Å². The maximum atomic E-state index is 5.41. The highest BCUT2D eigenvalue weighted by atomic mass is 79.9. The topological polar surface area (TPSA) is 47.0 Å². The van der Waals surface area contributed by atoms with E-state index in [1.54, 1.807) is 0 Å². The Labute approximate surface area is 111 Å². The normalized spacial score (nSPS) is 10.5. The van der Waals surface area contributed by atoms with Crippen molar-refractivity contribution in [3.8, 4) is 0 Å². The lowest BCUT2D eigenvalue weighted by atomic mass is 10.4. The van der Waals surface area contributed by atoms with Gasteiger partial charge in [0.1, 0.15) is 16.2 Å². The molecule has 0 aromatic carbocycles. The van der Waals surface area contributed by atoms with Crippen LogP contribution in [-0.2, 0) is 11.2 Å². The fourth-order valence-corrected chi connectivity index (χ4v) is 1.77. The predicted molar refractivity (Wildman–Crippen MR) is 73.3 cm³/mol. The number of nitrogens with one attached hydrogen (secondary N) is 1. The molecule has 1 aromatic heterocycles. The predicted octanol–water partition coefficient (Wildman–Crippen LogP) is 3.03. The van der Waals surface area contributed by atoms with Gasteiger partial charge in [-0.1, -0.05) is 13.8 Å². The number of rotatable bonds is 8. The molecular formula is C12H20BrN3O. The van der Waals surface area contributed by atoms with Crippen molar-refractivity contribution < 1.29 is 4.74 Å².